The molecule has 1 aromatic heterocycles. The van der Waals surface area contributed by atoms with Gasteiger partial charge in [0.2, 0.25) is 0 Å². The van der Waals surface area contributed by atoms with Crippen LogP contribution in [0.25, 0.3) is 0 Å². The van der Waals surface area contributed by atoms with Gasteiger partial charge in [-0.1, -0.05) is 6.92 Å². The van der Waals surface area contributed by atoms with Crippen LogP contribution in [0.1, 0.15) is 36.2 Å². The van der Waals surface area contributed by atoms with E-state index < -0.39 is 0 Å². The van der Waals surface area contributed by atoms with Gasteiger partial charge in [-0.2, -0.15) is 17.7 Å². The summed E-state index contributed by atoms with van der Waals surface area (Å²) in [4.78, 5) is 0. The summed E-state index contributed by atoms with van der Waals surface area (Å²) < 4.78 is 1.78. The van der Waals surface area contributed by atoms with E-state index in [2.05, 4.69) is 17.7 Å². The first kappa shape index (κ1) is 9.71. The molecular weight excluding hydrogens is 167 g/mol. The first-order chi connectivity index (χ1) is 5.52. The zero-order chi connectivity index (χ0) is 9.30. The van der Waals surface area contributed by atoms with Gasteiger partial charge < -0.3 is 0 Å². The fourth-order valence-corrected chi connectivity index (χ4v) is 1.40. The second kappa shape index (κ2) is 3.56. The van der Waals surface area contributed by atoms with Gasteiger partial charge in [0.05, 0.1) is 13.5 Å². The average Bonchev–Trinajstić information content (AvgIpc) is 2.31. The SMILES string of the molecule is [B]C(C)c1nn(C)cc1C(C)S. The Kier molecular flexibility index (Phi) is 2.88. The van der Waals surface area contributed by atoms with Crippen molar-refractivity contribution in [3.8, 4) is 0 Å². The minimum absolute atomic E-state index is 0.0178. The van der Waals surface area contributed by atoms with Gasteiger partial charge in [-0.25, -0.2) is 0 Å². The highest BCUT2D eigenvalue weighted by molar-refractivity contribution is 7.80. The smallest absolute Gasteiger partial charge is 0.0782 e. The highest BCUT2D eigenvalue weighted by Gasteiger charge is 2.13. The number of aryl methyl sites for hydroxylation is 1. The second-order valence-electron chi connectivity index (χ2n) is 3.11. The van der Waals surface area contributed by atoms with Crippen LogP contribution in [0, 0.1) is 0 Å². The summed E-state index contributed by atoms with van der Waals surface area (Å²) in [5.74, 6) is -0.0178. The molecule has 2 nitrogen and oxygen atoms in total. The number of thiol groups is 1. The summed E-state index contributed by atoms with van der Waals surface area (Å²) in [5.41, 5.74) is 2.07. The van der Waals surface area contributed by atoms with Gasteiger partial charge in [-0.05, 0) is 12.7 Å². The van der Waals surface area contributed by atoms with Crippen LogP contribution in [0.2, 0.25) is 0 Å². The van der Waals surface area contributed by atoms with Crippen LogP contribution in [0.5, 0.6) is 0 Å². The van der Waals surface area contributed by atoms with Crippen LogP contribution in [0.3, 0.4) is 0 Å². The van der Waals surface area contributed by atoms with Crippen LogP contribution in [-0.2, 0) is 7.05 Å². The lowest BCUT2D eigenvalue weighted by Gasteiger charge is -2.06. The minimum Gasteiger partial charge on any atom is -0.275 e. The van der Waals surface area contributed by atoms with Crippen molar-refractivity contribution in [2.75, 3.05) is 0 Å². The molecule has 0 spiro atoms. The Labute approximate surface area is 80.2 Å². The van der Waals surface area contributed by atoms with Crippen molar-refractivity contribution in [3.05, 3.63) is 17.5 Å². The maximum absolute atomic E-state index is 5.76. The molecule has 64 valence electrons. The molecule has 0 N–H and O–H groups in total. The third-order valence-corrected chi connectivity index (χ3v) is 2.05. The second-order valence-corrected chi connectivity index (χ2v) is 3.88. The Bertz CT molecular complexity index is 243. The van der Waals surface area contributed by atoms with Crippen molar-refractivity contribution in [3.63, 3.8) is 0 Å². The maximum Gasteiger partial charge on any atom is 0.0782 e. The zero-order valence-electron chi connectivity index (χ0n) is 7.65. The first-order valence-corrected chi connectivity index (χ1v) is 4.51. The normalized spacial score (nSPS) is 16.0. The van der Waals surface area contributed by atoms with Crippen molar-refractivity contribution < 1.29 is 0 Å². The molecule has 0 bridgehead atoms. The van der Waals surface area contributed by atoms with Crippen molar-refractivity contribution in [1.82, 2.24) is 9.78 Å². The summed E-state index contributed by atoms with van der Waals surface area (Å²) in [6.07, 6.45) is 1.97. The number of aromatic nitrogens is 2. The van der Waals surface area contributed by atoms with Crippen LogP contribution >= 0.6 is 12.6 Å². The van der Waals surface area contributed by atoms with E-state index >= 15 is 0 Å². The first-order valence-electron chi connectivity index (χ1n) is 3.99. The van der Waals surface area contributed by atoms with E-state index in [0.29, 0.717) is 0 Å². The summed E-state index contributed by atoms with van der Waals surface area (Å²) in [6, 6.07) is 0. The van der Waals surface area contributed by atoms with Gasteiger partial charge in [0, 0.05) is 24.1 Å². The van der Waals surface area contributed by atoms with Crippen LogP contribution in [-0.4, -0.2) is 17.6 Å². The third-order valence-electron chi connectivity index (χ3n) is 1.77. The Morgan fingerprint density at radius 1 is 1.58 bits per heavy atom. The number of hydrogen-bond donors (Lipinski definition) is 1. The molecule has 1 heterocycles. The Morgan fingerprint density at radius 3 is 2.50 bits per heavy atom. The van der Waals surface area contributed by atoms with Crippen LogP contribution in [0.4, 0.5) is 0 Å². The highest BCUT2D eigenvalue weighted by atomic mass is 32.1. The number of nitrogens with zero attached hydrogens (tertiary/aromatic N) is 2. The average molecular weight is 180 g/mol. The lowest BCUT2D eigenvalue weighted by atomic mass is 9.84. The largest absolute Gasteiger partial charge is 0.275 e. The van der Waals surface area contributed by atoms with Gasteiger partial charge >= 0.3 is 0 Å². The highest BCUT2D eigenvalue weighted by Crippen LogP contribution is 2.25. The molecule has 2 radical (unpaired) electrons. The van der Waals surface area contributed by atoms with Crippen molar-refractivity contribution in [1.29, 1.82) is 0 Å². The van der Waals surface area contributed by atoms with E-state index in [1.54, 1.807) is 4.68 Å². The Balaban J connectivity index is 3.08. The van der Waals surface area contributed by atoms with E-state index in [9.17, 15) is 0 Å². The number of rotatable bonds is 2. The van der Waals surface area contributed by atoms with Gasteiger partial charge in [-0.15, -0.1) is 0 Å². The molecule has 4 heteroatoms. The Morgan fingerprint density at radius 2 is 2.17 bits per heavy atom. The van der Waals surface area contributed by atoms with Crippen molar-refractivity contribution in [2.45, 2.75) is 24.9 Å². The molecule has 1 rings (SSSR count). The van der Waals surface area contributed by atoms with E-state index in [4.69, 9.17) is 7.85 Å². The molecule has 2 atom stereocenters. The molecule has 0 aliphatic rings. The molecule has 0 saturated carbocycles. The predicted octanol–water partition coefficient (Wildman–Crippen LogP) is 1.64. The molecule has 0 aliphatic carbocycles. The van der Waals surface area contributed by atoms with Crippen molar-refractivity contribution >= 4 is 20.5 Å². The lowest BCUT2D eigenvalue weighted by Crippen LogP contribution is -1.98. The standard InChI is InChI=1S/C8H13BN2S/c1-5(9)8-7(6(2)12)4-11(3)10-8/h4-6,12H,1-3H3. The van der Waals surface area contributed by atoms with Crippen LogP contribution < -0.4 is 0 Å². The van der Waals surface area contributed by atoms with E-state index in [1.165, 1.54) is 0 Å². The predicted molar refractivity (Wildman–Crippen MR) is 54.8 cm³/mol. The molecule has 0 fully saturated rings. The van der Waals surface area contributed by atoms with Gasteiger partial charge in [0.1, 0.15) is 0 Å². The molecule has 1 aromatic rings. The summed E-state index contributed by atoms with van der Waals surface area (Å²) in [6.45, 7) is 3.95. The topological polar surface area (TPSA) is 17.8 Å². The molecule has 0 saturated heterocycles. The van der Waals surface area contributed by atoms with E-state index in [1.807, 2.05) is 27.1 Å². The summed E-state index contributed by atoms with van der Waals surface area (Å²) in [7, 11) is 7.65. The summed E-state index contributed by atoms with van der Waals surface area (Å²) in [5, 5.41) is 4.47. The van der Waals surface area contributed by atoms with Gasteiger partial charge in [0.15, 0.2) is 0 Å². The molecule has 0 amide bonds. The van der Waals surface area contributed by atoms with Gasteiger partial charge in [-0.3, -0.25) is 4.68 Å². The fourth-order valence-electron chi connectivity index (χ4n) is 1.20. The zero-order valence-corrected chi connectivity index (χ0v) is 8.55. The third kappa shape index (κ3) is 1.86. The molecular formula is C8H13BN2S. The Hall–Kier alpha value is -0.375. The van der Waals surface area contributed by atoms with Crippen molar-refractivity contribution in [2.24, 2.45) is 7.05 Å². The minimum atomic E-state index is -0.0178. The van der Waals surface area contributed by atoms with Gasteiger partial charge in [0.25, 0.3) is 0 Å². The quantitative estimate of drug-likeness (QED) is 0.541. The summed E-state index contributed by atoms with van der Waals surface area (Å²) >= 11 is 4.36. The fraction of sp³-hybridized carbons (Fsp3) is 0.625. The molecule has 0 aromatic carbocycles. The molecule has 12 heavy (non-hydrogen) atoms. The lowest BCUT2D eigenvalue weighted by molar-refractivity contribution is 0.742. The van der Waals surface area contributed by atoms with Crippen LogP contribution in [0.15, 0.2) is 6.20 Å². The molecule has 2 unspecified atom stereocenters. The van der Waals surface area contributed by atoms with E-state index in [0.717, 1.165) is 11.3 Å². The van der Waals surface area contributed by atoms with E-state index in [-0.39, 0.29) is 11.1 Å². The molecule has 0 aliphatic heterocycles. The monoisotopic (exact) mass is 180 g/mol. The maximum atomic E-state index is 5.76. The number of hydrogen-bond acceptors (Lipinski definition) is 2.